The Morgan fingerprint density at radius 1 is 1.38 bits per heavy atom. The van der Waals surface area contributed by atoms with Crippen molar-refractivity contribution in [1.82, 2.24) is 20.2 Å². The highest BCUT2D eigenvalue weighted by Crippen LogP contribution is 2.29. The average molecular weight is 341 g/mol. The van der Waals surface area contributed by atoms with Gasteiger partial charge in [0.2, 0.25) is 5.16 Å². The van der Waals surface area contributed by atoms with E-state index in [0.29, 0.717) is 5.16 Å². The van der Waals surface area contributed by atoms with Crippen molar-refractivity contribution in [3.8, 4) is 0 Å². The number of aromatic amines is 2. The van der Waals surface area contributed by atoms with Crippen molar-refractivity contribution in [1.29, 1.82) is 0 Å². The SMILES string of the molecule is CCCc1nc(S/C(=C\c2c(C)[nH]c3ccccc23)C(=O)[O-])n[nH]1. The van der Waals surface area contributed by atoms with Gasteiger partial charge in [-0.15, -0.1) is 5.10 Å². The van der Waals surface area contributed by atoms with Crippen LogP contribution in [0, 0.1) is 6.92 Å². The van der Waals surface area contributed by atoms with Crippen molar-refractivity contribution in [2.45, 2.75) is 31.8 Å². The molecule has 1 aromatic carbocycles. The summed E-state index contributed by atoms with van der Waals surface area (Å²) in [6.07, 6.45) is 3.33. The number of para-hydroxylation sites is 1. The number of aryl methyl sites for hydroxylation is 2. The lowest BCUT2D eigenvalue weighted by atomic mass is 10.1. The molecule has 0 spiro atoms. The number of carbonyl (C=O) groups excluding carboxylic acids is 1. The number of aromatic nitrogens is 4. The molecule has 124 valence electrons. The predicted octanol–water partition coefficient (Wildman–Crippen LogP) is 2.43. The molecule has 0 saturated heterocycles. The van der Waals surface area contributed by atoms with Gasteiger partial charge in [-0.25, -0.2) is 4.98 Å². The van der Waals surface area contributed by atoms with Crippen LogP contribution in [0.5, 0.6) is 0 Å². The summed E-state index contributed by atoms with van der Waals surface area (Å²) in [4.78, 5) is 19.2. The first-order chi connectivity index (χ1) is 11.6. The van der Waals surface area contributed by atoms with Crippen molar-refractivity contribution >= 4 is 34.7 Å². The van der Waals surface area contributed by atoms with Crippen molar-refractivity contribution in [3.05, 3.63) is 46.3 Å². The minimum atomic E-state index is -1.24. The van der Waals surface area contributed by atoms with Gasteiger partial charge in [0.25, 0.3) is 0 Å². The molecule has 7 heteroatoms. The molecule has 0 unspecified atom stereocenters. The van der Waals surface area contributed by atoms with E-state index in [-0.39, 0.29) is 4.91 Å². The molecule has 2 N–H and O–H groups in total. The van der Waals surface area contributed by atoms with Crippen molar-refractivity contribution < 1.29 is 9.90 Å². The summed E-state index contributed by atoms with van der Waals surface area (Å²) < 4.78 is 0. The monoisotopic (exact) mass is 341 g/mol. The number of hydrogen-bond acceptors (Lipinski definition) is 5. The highest BCUT2D eigenvalue weighted by Gasteiger charge is 2.11. The highest BCUT2D eigenvalue weighted by atomic mass is 32.2. The molecule has 2 heterocycles. The zero-order valence-corrected chi connectivity index (χ0v) is 14.2. The normalized spacial score (nSPS) is 12.0. The summed E-state index contributed by atoms with van der Waals surface area (Å²) in [5.74, 6) is -0.493. The third-order valence-corrected chi connectivity index (χ3v) is 4.49. The Kier molecular flexibility index (Phi) is 4.71. The van der Waals surface area contributed by atoms with E-state index in [9.17, 15) is 9.90 Å². The Morgan fingerprint density at radius 2 is 2.17 bits per heavy atom. The summed E-state index contributed by atoms with van der Waals surface area (Å²) >= 11 is 0.991. The number of benzene rings is 1. The average Bonchev–Trinajstić information content (AvgIpc) is 3.11. The molecule has 0 aliphatic rings. The Balaban J connectivity index is 1.96. The molecule has 0 amide bonds. The van der Waals surface area contributed by atoms with Crippen LogP contribution in [0.25, 0.3) is 17.0 Å². The van der Waals surface area contributed by atoms with Crippen LogP contribution in [0.1, 0.15) is 30.4 Å². The van der Waals surface area contributed by atoms with E-state index in [4.69, 9.17) is 0 Å². The molecule has 3 rings (SSSR count). The summed E-state index contributed by atoms with van der Waals surface area (Å²) in [5, 5.41) is 19.8. The predicted molar refractivity (Wildman–Crippen MR) is 92.3 cm³/mol. The first-order valence-corrected chi connectivity index (χ1v) is 8.49. The molecular weight excluding hydrogens is 324 g/mol. The number of aliphatic carboxylic acids is 1. The molecule has 2 aromatic heterocycles. The smallest absolute Gasteiger partial charge is 0.213 e. The maximum Gasteiger partial charge on any atom is 0.213 e. The number of hydrogen-bond donors (Lipinski definition) is 2. The maximum atomic E-state index is 11.5. The van der Waals surface area contributed by atoms with Crippen LogP contribution in [-0.4, -0.2) is 26.1 Å². The molecule has 0 bridgehead atoms. The number of carboxylic acid groups (broad SMARTS) is 1. The van der Waals surface area contributed by atoms with E-state index in [0.717, 1.165) is 52.6 Å². The number of fused-ring (bicyclic) bond motifs is 1. The van der Waals surface area contributed by atoms with Gasteiger partial charge in [-0.05, 0) is 37.2 Å². The number of carbonyl (C=O) groups is 1. The fourth-order valence-corrected chi connectivity index (χ4v) is 3.22. The quantitative estimate of drug-likeness (QED) is 0.530. The number of nitrogens with zero attached hydrogens (tertiary/aromatic N) is 2. The Bertz CT molecular complexity index is 910. The van der Waals surface area contributed by atoms with Crippen LogP contribution < -0.4 is 5.11 Å². The molecular formula is C17H17N4O2S-. The largest absolute Gasteiger partial charge is 0.544 e. The van der Waals surface area contributed by atoms with E-state index in [1.54, 1.807) is 6.08 Å². The number of thioether (sulfide) groups is 1. The second-order valence-corrected chi connectivity index (χ2v) is 6.43. The van der Waals surface area contributed by atoms with Gasteiger partial charge in [0.05, 0.1) is 5.97 Å². The van der Waals surface area contributed by atoms with E-state index in [2.05, 4.69) is 20.2 Å². The Labute approximate surface area is 143 Å². The summed E-state index contributed by atoms with van der Waals surface area (Å²) in [6, 6.07) is 7.76. The molecule has 0 saturated carbocycles. The van der Waals surface area contributed by atoms with Gasteiger partial charge in [0, 0.05) is 33.5 Å². The molecule has 0 fully saturated rings. The molecule has 3 aromatic rings. The van der Waals surface area contributed by atoms with E-state index < -0.39 is 5.97 Å². The van der Waals surface area contributed by atoms with Gasteiger partial charge in [0.1, 0.15) is 5.82 Å². The molecule has 0 atom stereocenters. The second kappa shape index (κ2) is 6.92. The number of carboxylic acids is 1. The van der Waals surface area contributed by atoms with E-state index in [1.807, 2.05) is 38.1 Å². The number of nitrogens with one attached hydrogen (secondary N) is 2. The third kappa shape index (κ3) is 3.35. The lowest BCUT2D eigenvalue weighted by Crippen LogP contribution is -2.23. The molecule has 0 aliphatic carbocycles. The van der Waals surface area contributed by atoms with Crippen LogP contribution in [0.4, 0.5) is 0 Å². The van der Waals surface area contributed by atoms with E-state index in [1.165, 1.54) is 0 Å². The maximum absolute atomic E-state index is 11.5. The highest BCUT2D eigenvalue weighted by molar-refractivity contribution is 8.04. The van der Waals surface area contributed by atoms with Crippen LogP contribution in [-0.2, 0) is 11.2 Å². The Hall–Kier alpha value is -2.54. The van der Waals surface area contributed by atoms with Crippen LogP contribution in [0.3, 0.4) is 0 Å². The minimum absolute atomic E-state index is 0.0740. The second-order valence-electron chi connectivity index (χ2n) is 5.42. The lowest BCUT2D eigenvalue weighted by molar-refractivity contribution is -0.297. The molecule has 0 aliphatic heterocycles. The van der Waals surface area contributed by atoms with Crippen LogP contribution >= 0.6 is 11.8 Å². The lowest BCUT2D eigenvalue weighted by Gasteiger charge is -2.06. The summed E-state index contributed by atoms with van der Waals surface area (Å²) in [7, 11) is 0. The van der Waals surface area contributed by atoms with Crippen molar-refractivity contribution in [2.24, 2.45) is 0 Å². The van der Waals surface area contributed by atoms with Gasteiger partial charge in [-0.3, -0.25) is 5.10 Å². The molecule has 6 nitrogen and oxygen atoms in total. The standard InChI is InChI=1S/C17H18N4O2S/c1-3-6-15-19-17(21-20-15)24-14(16(22)23)9-12-10(2)18-13-8-5-4-7-11(12)13/h4-5,7-9,18H,3,6H2,1-2H3,(H,22,23)(H,19,20,21)/p-1/b14-9-. The molecule has 0 radical (unpaired) electrons. The fraction of sp³-hybridized carbons (Fsp3) is 0.235. The van der Waals surface area contributed by atoms with Gasteiger partial charge in [-0.2, -0.15) is 0 Å². The zero-order chi connectivity index (χ0) is 17.1. The topological polar surface area (TPSA) is 97.5 Å². The van der Waals surface area contributed by atoms with Gasteiger partial charge >= 0.3 is 0 Å². The molecule has 24 heavy (non-hydrogen) atoms. The van der Waals surface area contributed by atoms with Crippen LogP contribution in [0.2, 0.25) is 0 Å². The first-order valence-electron chi connectivity index (χ1n) is 7.68. The number of rotatable bonds is 6. The van der Waals surface area contributed by atoms with Crippen molar-refractivity contribution in [2.75, 3.05) is 0 Å². The van der Waals surface area contributed by atoms with Gasteiger partial charge in [0.15, 0.2) is 0 Å². The minimum Gasteiger partial charge on any atom is -0.544 e. The first kappa shape index (κ1) is 16.3. The van der Waals surface area contributed by atoms with Crippen molar-refractivity contribution in [3.63, 3.8) is 0 Å². The van der Waals surface area contributed by atoms with E-state index >= 15 is 0 Å². The zero-order valence-electron chi connectivity index (χ0n) is 13.4. The Morgan fingerprint density at radius 3 is 2.92 bits per heavy atom. The number of H-pyrrole nitrogens is 2. The third-order valence-electron chi connectivity index (χ3n) is 3.62. The summed E-state index contributed by atoms with van der Waals surface area (Å²) in [5.41, 5.74) is 2.70. The summed E-state index contributed by atoms with van der Waals surface area (Å²) in [6.45, 7) is 3.96. The van der Waals surface area contributed by atoms with Gasteiger partial charge < -0.3 is 14.9 Å². The van der Waals surface area contributed by atoms with Crippen LogP contribution in [0.15, 0.2) is 34.3 Å². The van der Waals surface area contributed by atoms with Gasteiger partial charge in [-0.1, -0.05) is 25.1 Å². The fourth-order valence-electron chi connectivity index (χ4n) is 2.52.